The predicted octanol–water partition coefficient (Wildman–Crippen LogP) is 3.16. The molecule has 1 N–H and O–H groups in total. The summed E-state index contributed by atoms with van der Waals surface area (Å²) in [6.45, 7) is 8.86. The van der Waals surface area contributed by atoms with Crippen molar-refractivity contribution < 1.29 is 14.5 Å². The summed E-state index contributed by atoms with van der Waals surface area (Å²) < 4.78 is 3.30. The molecule has 0 saturated carbocycles. The van der Waals surface area contributed by atoms with Crippen molar-refractivity contribution >= 4 is 11.9 Å². The Morgan fingerprint density at radius 3 is 2.67 bits per heavy atom. The fourth-order valence-electron chi connectivity index (χ4n) is 2.58. The van der Waals surface area contributed by atoms with E-state index in [1.165, 1.54) is 5.57 Å². The van der Waals surface area contributed by atoms with Crippen LogP contribution in [0.3, 0.4) is 0 Å². The van der Waals surface area contributed by atoms with E-state index in [4.69, 9.17) is 4.84 Å². The molecule has 0 aliphatic carbocycles. The van der Waals surface area contributed by atoms with Crippen molar-refractivity contribution in [1.82, 2.24) is 4.40 Å². The van der Waals surface area contributed by atoms with Crippen molar-refractivity contribution in [3.05, 3.63) is 63.6 Å². The van der Waals surface area contributed by atoms with Gasteiger partial charge in [0.15, 0.2) is 0 Å². The van der Waals surface area contributed by atoms with Crippen molar-refractivity contribution in [1.29, 1.82) is 0 Å². The lowest BCUT2D eigenvalue weighted by atomic mass is 10.1. The van der Waals surface area contributed by atoms with Crippen molar-refractivity contribution in [3.8, 4) is 5.88 Å². The zero-order valence-corrected chi connectivity index (χ0v) is 16.5. The lowest BCUT2D eigenvalue weighted by molar-refractivity contribution is -0.679. The third kappa shape index (κ3) is 5.54. The zero-order valence-electron chi connectivity index (χ0n) is 16.5. The number of fused-ring (bicyclic) bond motifs is 1. The predicted molar refractivity (Wildman–Crippen MR) is 107 cm³/mol. The van der Waals surface area contributed by atoms with Gasteiger partial charge in [-0.15, -0.1) is 0 Å². The Bertz CT molecular complexity index is 932. The van der Waals surface area contributed by atoms with E-state index in [0.29, 0.717) is 37.2 Å². The van der Waals surface area contributed by atoms with Gasteiger partial charge < -0.3 is 9.94 Å². The molecule has 0 atom stereocenters. The van der Waals surface area contributed by atoms with Crippen molar-refractivity contribution in [2.75, 3.05) is 6.61 Å². The molecule has 144 valence electrons. The number of aromatic hydroxyl groups is 1. The minimum absolute atomic E-state index is 0.00237. The molecule has 0 saturated heterocycles. The van der Waals surface area contributed by atoms with Crippen LogP contribution in [-0.2, 0) is 17.8 Å². The van der Waals surface area contributed by atoms with Gasteiger partial charge in [0.2, 0.25) is 0 Å². The van der Waals surface area contributed by atoms with Crippen LogP contribution in [0, 0.1) is 0 Å². The third-order valence-corrected chi connectivity index (χ3v) is 4.03. The van der Waals surface area contributed by atoms with Gasteiger partial charge in [0.25, 0.3) is 11.5 Å². The molecule has 0 spiro atoms. The summed E-state index contributed by atoms with van der Waals surface area (Å²) in [6, 6.07) is 5.46. The molecule has 0 amide bonds. The quantitative estimate of drug-likeness (QED) is 0.255. The standard InChI is InChI=1S/C21H27N3O3/c1-16(2)9-10-18-20(25)23-13-6-5-8-19(23)24(21(18)26)14-7-12-22-27-15-11-17(3)4/h5-6,8-9,11-13H,7,10,14-15H2,1-4H3/p+1/b22-12+. The lowest BCUT2D eigenvalue weighted by Gasteiger charge is -2.08. The molecule has 2 aromatic heterocycles. The zero-order chi connectivity index (χ0) is 19.8. The highest BCUT2D eigenvalue weighted by atomic mass is 16.6. The van der Waals surface area contributed by atoms with E-state index in [9.17, 15) is 9.90 Å². The van der Waals surface area contributed by atoms with Crippen LogP contribution in [-0.4, -0.2) is 22.3 Å². The molecule has 6 heteroatoms. The molecule has 27 heavy (non-hydrogen) atoms. The van der Waals surface area contributed by atoms with Crippen molar-refractivity contribution in [3.63, 3.8) is 0 Å². The second kappa shape index (κ2) is 9.71. The van der Waals surface area contributed by atoms with Gasteiger partial charge in [-0.1, -0.05) is 28.4 Å². The number of hydrogen-bond acceptors (Lipinski definition) is 4. The summed E-state index contributed by atoms with van der Waals surface area (Å²) in [5.74, 6) is 0.00237. The first-order valence-electron chi connectivity index (χ1n) is 9.07. The normalized spacial score (nSPS) is 11.0. The fourth-order valence-corrected chi connectivity index (χ4v) is 2.58. The third-order valence-electron chi connectivity index (χ3n) is 4.03. The Hall–Kier alpha value is -2.89. The van der Waals surface area contributed by atoms with Crippen LogP contribution in [0.25, 0.3) is 5.65 Å². The molecule has 0 aromatic carbocycles. The SMILES string of the molecule is CC(C)=CCO/N=C/CC[n+]1c(O)c(CC=C(C)C)c(=O)n2ccccc21. The van der Waals surface area contributed by atoms with E-state index in [1.807, 2.05) is 52.0 Å². The lowest BCUT2D eigenvalue weighted by Crippen LogP contribution is -2.41. The molecule has 0 aliphatic heterocycles. The van der Waals surface area contributed by atoms with Gasteiger partial charge in [0.1, 0.15) is 12.2 Å². The van der Waals surface area contributed by atoms with Gasteiger partial charge in [-0.3, -0.25) is 0 Å². The number of hydrogen-bond donors (Lipinski definition) is 1. The molecule has 6 nitrogen and oxygen atoms in total. The summed E-state index contributed by atoms with van der Waals surface area (Å²) in [5.41, 5.74) is 3.10. The molecule has 2 aromatic rings. The summed E-state index contributed by atoms with van der Waals surface area (Å²) >= 11 is 0. The first-order chi connectivity index (χ1) is 12.9. The Labute approximate surface area is 159 Å². The van der Waals surface area contributed by atoms with Crippen LogP contribution in [0.15, 0.2) is 57.6 Å². The van der Waals surface area contributed by atoms with E-state index < -0.39 is 0 Å². The number of allylic oxidation sites excluding steroid dienone is 3. The minimum Gasteiger partial charge on any atom is -0.477 e. The number of pyridine rings is 1. The van der Waals surface area contributed by atoms with E-state index >= 15 is 0 Å². The summed E-state index contributed by atoms with van der Waals surface area (Å²) in [6.07, 6.45) is 8.24. The van der Waals surface area contributed by atoms with Gasteiger partial charge >= 0.3 is 5.56 Å². The van der Waals surface area contributed by atoms with Gasteiger partial charge in [-0.25, -0.2) is 4.79 Å². The molecule has 0 fully saturated rings. The van der Waals surface area contributed by atoms with Crippen LogP contribution in [0.5, 0.6) is 5.88 Å². The Morgan fingerprint density at radius 1 is 1.22 bits per heavy atom. The van der Waals surface area contributed by atoms with Crippen LogP contribution in [0.4, 0.5) is 0 Å². The average Bonchev–Trinajstić information content (AvgIpc) is 2.62. The summed E-state index contributed by atoms with van der Waals surface area (Å²) in [4.78, 5) is 17.9. The fraction of sp³-hybridized carbons (Fsp3) is 0.381. The van der Waals surface area contributed by atoms with Crippen LogP contribution in [0.2, 0.25) is 0 Å². The molecular formula is C21H28N3O3+. The number of oxime groups is 1. The molecule has 0 radical (unpaired) electrons. The number of nitrogens with zero attached hydrogens (tertiary/aromatic N) is 3. The van der Waals surface area contributed by atoms with E-state index in [0.717, 1.165) is 5.57 Å². The topological polar surface area (TPSA) is 67.2 Å². The molecule has 0 unspecified atom stereocenters. The molecular weight excluding hydrogens is 342 g/mol. The van der Waals surface area contributed by atoms with Crippen molar-refractivity contribution in [2.24, 2.45) is 5.16 Å². The van der Waals surface area contributed by atoms with E-state index in [2.05, 4.69) is 5.16 Å². The van der Waals surface area contributed by atoms with Gasteiger partial charge in [0, 0.05) is 25.1 Å². The molecule has 2 rings (SSSR count). The van der Waals surface area contributed by atoms with Crippen LogP contribution >= 0.6 is 0 Å². The first-order valence-corrected chi connectivity index (χ1v) is 9.07. The maximum absolute atomic E-state index is 12.7. The monoisotopic (exact) mass is 370 g/mol. The Balaban J connectivity index is 2.27. The first kappa shape index (κ1) is 20.4. The second-order valence-corrected chi connectivity index (χ2v) is 6.83. The summed E-state index contributed by atoms with van der Waals surface area (Å²) in [5, 5.41) is 14.6. The van der Waals surface area contributed by atoms with Gasteiger partial charge in [-0.2, -0.15) is 8.97 Å². The number of aryl methyl sites for hydroxylation is 1. The Kier molecular flexibility index (Phi) is 7.34. The number of aromatic nitrogens is 2. The summed E-state index contributed by atoms with van der Waals surface area (Å²) in [7, 11) is 0. The highest BCUT2D eigenvalue weighted by Gasteiger charge is 2.22. The smallest absolute Gasteiger partial charge is 0.349 e. The minimum atomic E-state index is -0.199. The highest BCUT2D eigenvalue weighted by Crippen LogP contribution is 2.12. The Morgan fingerprint density at radius 2 is 1.96 bits per heavy atom. The maximum Gasteiger partial charge on any atom is 0.349 e. The van der Waals surface area contributed by atoms with Crippen LogP contribution < -0.4 is 10.1 Å². The second-order valence-electron chi connectivity index (χ2n) is 6.83. The van der Waals surface area contributed by atoms with Gasteiger partial charge in [0.05, 0.1) is 12.7 Å². The largest absolute Gasteiger partial charge is 0.477 e. The molecule has 2 heterocycles. The van der Waals surface area contributed by atoms with Gasteiger partial charge in [-0.05, 0) is 39.8 Å². The maximum atomic E-state index is 12.7. The average molecular weight is 370 g/mol. The molecule has 0 bridgehead atoms. The van der Waals surface area contributed by atoms with Crippen molar-refractivity contribution in [2.45, 2.75) is 47.1 Å². The number of rotatable bonds is 8. The van der Waals surface area contributed by atoms with E-state index in [1.54, 1.807) is 27.4 Å². The molecule has 0 aliphatic rings. The highest BCUT2D eigenvalue weighted by molar-refractivity contribution is 5.55. The van der Waals surface area contributed by atoms with Crippen LogP contribution in [0.1, 0.15) is 39.7 Å². The van der Waals surface area contributed by atoms with E-state index in [-0.39, 0.29) is 11.4 Å².